The van der Waals surface area contributed by atoms with Gasteiger partial charge in [-0.3, -0.25) is 4.79 Å². The molecule has 0 unspecified atom stereocenters. The van der Waals surface area contributed by atoms with Crippen molar-refractivity contribution in [1.29, 1.82) is 0 Å². The molecule has 2 atom stereocenters. The number of rotatable bonds is 2. The van der Waals surface area contributed by atoms with Crippen LogP contribution in [0.15, 0.2) is 24.3 Å². The fourth-order valence-corrected chi connectivity index (χ4v) is 2.65. The summed E-state index contributed by atoms with van der Waals surface area (Å²) in [6.07, 6.45) is -4.54. The van der Waals surface area contributed by atoms with Gasteiger partial charge in [-0.15, -0.1) is 0 Å². The zero-order valence-corrected chi connectivity index (χ0v) is 10.8. The quantitative estimate of drug-likeness (QED) is 0.892. The first-order chi connectivity index (χ1) is 9.86. The summed E-state index contributed by atoms with van der Waals surface area (Å²) in [6.45, 7) is -0.611. The van der Waals surface area contributed by atoms with Crippen LogP contribution in [0.25, 0.3) is 11.0 Å². The van der Waals surface area contributed by atoms with Gasteiger partial charge in [-0.25, -0.2) is 4.98 Å². The van der Waals surface area contributed by atoms with E-state index in [0.717, 1.165) is 0 Å². The van der Waals surface area contributed by atoms with Gasteiger partial charge in [-0.05, 0) is 12.1 Å². The molecule has 5 nitrogen and oxygen atoms in total. The van der Waals surface area contributed by atoms with Gasteiger partial charge < -0.3 is 15.0 Å². The number of alkyl halides is 3. The Morgan fingerprint density at radius 2 is 2.05 bits per heavy atom. The Labute approximate surface area is 117 Å². The Kier molecular flexibility index (Phi) is 3.03. The molecule has 0 spiro atoms. The van der Waals surface area contributed by atoms with E-state index in [-0.39, 0.29) is 12.5 Å². The summed E-state index contributed by atoms with van der Waals surface area (Å²) >= 11 is 0. The van der Waals surface area contributed by atoms with Crippen LogP contribution in [0, 0.1) is 11.8 Å². The molecule has 8 heteroatoms. The number of aromatic amines is 1. The van der Waals surface area contributed by atoms with Crippen molar-refractivity contribution in [3.63, 3.8) is 0 Å². The highest BCUT2D eigenvalue weighted by Gasteiger charge is 2.53. The van der Waals surface area contributed by atoms with E-state index in [1.54, 1.807) is 24.3 Å². The number of fused-ring (bicyclic) bond motifs is 1. The normalized spacial score (nSPS) is 22.9. The number of H-pyrrole nitrogens is 1. The molecule has 0 aliphatic carbocycles. The second-order valence-electron chi connectivity index (χ2n) is 5.08. The fraction of sp³-hybridized carbons (Fsp3) is 0.385. The average molecular weight is 299 g/mol. The minimum atomic E-state index is -4.54. The molecule has 1 aliphatic rings. The minimum absolute atomic E-state index is 0.209. The number of para-hydroxylation sites is 2. The largest absolute Gasteiger partial charge is 0.481 e. The van der Waals surface area contributed by atoms with E-state index in [9.17, 15) is 18.0 Å². The van der Waals surface area contributed by atoms with Gasteiger partial charge in [0, 0.05) is 13.1 Å². The molecule has 1 aromatic carbocycles. The van der Waals surface area contributed by atoms with Crippen molar-refractivity contribution in [2.24, 2.45) is 11.8 Å². The van der Waals surface area contributed by atoms with Crippen LogP contribution in [0.4, 0.5) is 19.1 Å². The van der Waals surface area contributed by atoms with Crippen molar-refractivity contribution in [3.8, 4) is 0 Å². The lowest BCUT2D eigenvalue weighted by Crippen LogP contribution is -2.33. The first-order valence-electron chi connectivity index (χ1n) is 6.35. The fourth-order valence-electron chi connectivity index (χ4n) is 2.65. The number of halogens is 3. The lowest BCUT2D eigenvalue weighted by molar-refractivity contribution is -0.187. The number of benzene rings is 1. The summed E-state index contributed by atoms with van der Waals surface area (Å²) in [7, 11) is 0. The first-order valence-corrected chi connectivity index (χ1v) is 6.35. The van der Waals surface area contributed by atoms with Gasteiger partial charge in [0.25, 0.3) is 0 Å². The molecule has 2 N–H and O–H groups in total. The first kappa shape index (κ1) is 13.7. The molecule has 1 aromatic heterocycles. The molecule has 1 aliphatic heterocycles. The number of anilines is 1. The summed E-state index contributed by atoms with van der Waals surface area (Å²) in [5.74, 6) is -4.52. The van der Waals surface area contributed by atoms with Gasteiger partial charge in [0.15, 0.2) is 0 Å². The van der Waals surface area contributed by atoms with Gasteiger partial charge in [-0.2, -0.15) is 13.2 Å². The molecule has 0 saturated carbocycles. The second kappa shape index (κ2) is 4.64. The SMILES string of the molecule is O=C(O)[C@@H]1CN(c2nc3ccccc3[nH]2)C[C@H]1C(F)(F)F. The Morgan fingerprint density at radius 1 is 1.33 bits per heavy atom. The number of nitrogens with zero attached hydrogens (tertiary/aromatic N) is 2. The number of imidazole rings is 1. The van der Waals surface area contributed by atoms with Crippen LogP contribution in [0.5, 0.6) is 0 Å². The Bertz CT molecular complexity index is 650. The number of nitrogens with one attached hydrogen (secondary N) is 1. The standard InChI is InChI=1S/C13H12F3N3O2/c14-13(15,16)8-6-19(5-7(8)11(20)21)12-17-9-3-1-2-4-10(9)18-12/h1-4,7-8H,5-6H2,(H,17,18)(H,20,21)/t7-,8-/m1/s1. The number of carbonyl (C=O) groups is 1. The highest BCUT2D eigenvalue weighted by molar-refractivity contribution is 5.78. The maximum absolute atomic E-state index is 12.9. The molecule has 0 amide bonds. The molecule has 112 valence electrons. The van der Waals surface area contributed by atoms with Crippen molar-refractivity contribution < 1.29 is 23.1 Å². The van der Waals surface area contributed by atoms with E-state index >= 15 is 0 Å². The minimum Gasteiger partial charge on any atom is -0.481 e. The zero-order chi connectivity index (χ0) is 15.2. The van der Waals surface area contributed by atoms with Crippen LogP contribution in [-0.2, 0) is 4.79 Å². The highest BCUT2D eigenvalue weighted by Crippen LogP contribution is 2.39. The van der Waals surface area contributed by atoms with Gasteiger partial charge in [-0.1, -0.05) is 12.1 Å². The number of aromatic nitrogens is 2. The van der Waals surface area contributed by atoms with Crippen LogP contribution < -0.4 is 4.90 Å². The predicted molar refractivity (Wildman–Crippen MR) is 69.0 cm³/mol. The molecule has 1 saturated heterocycles. The molecule has 21 heavy (non-hydrogen) atoms. The predicted octanol–water partition coefficient (Wildman–Crippen LogP) is 2.26. The third-order valence-electron chi connectivity index (χ3n) is 3.73. The van der Waals surface area contributed by atoms with Gasteiger partial charge in [0.2, 0.25) is 5.95 Å². The monoisotopic (exact) mass is 299 g/mol. The Hall–Kier alpha value is -2.25. The summed E-state index contributed by atoms with van der Waals surface area (Å²) in [6, 6.07) is 7.06. The van der Waals surface area contributed by atoms with Crippen LogP contribution in [0.1, 0.15) is 0 Å². The Morgan fingerprint density at radius 3 is 2.62 bits per heavy atom. The van der Waals surface area contributed by atoms with Crippen molar-refractivity contribution in [2.75, 3.05) is 18.0 Å². The van der Waals surface area contributed by atoms with Gasteiger partial charge in [0.05, 0.1) is 22.9 Å². The zero-order valence-electron chi connectivity index (χ0n) is 10.8. The van der Waals surface area contributed by atoms with Crippen LogP contribution in [0.2, 0.25) is 0 Å². The number of aliphatic carboxylic acids is 1. The number of hydrogen-bond acceptors (Lipinski definition) is 3. The maximum atomic E-state index is 12.9. The van der Waals surface area contributed by atoms with Gasteiger partial charge in [0.1, 0.15) is 0 Å². The van der Waals surface area contributed by atoms with Crippen molar-refractivity contribution in [3.05, 3.63) is 24.3 Å². The van der Waals surface area contributed by atoms with Crippen LogP contribution in [-0.4, -0.2) is 40.3 Å². The van der Waals surface area contributed by atoms with E-state index in [1.165, 1.54) is 4.90 Å². The molecule has 2 heterocycles. The van der Waals surface area contributed by atoms with Crippen molar-refractivity contribution in [1.82, 2.24) is 9.97 Å². The molecule has 2 aromatic rings. The molecule has 3 rings (SSSR count). The maximum Gasteiger partial charge on any atom is 0.394 e. The number of carboxylic acids is 1. The molecule has 0 radical (unpaired) electrons. The highest BCUT2D eigenvalue weighted by atomic mass is 19.4. The molecular formula is C13H12F3N3O2. The summed E-state index contributed by atoms with van der Waals surface area (Å²) in [4.78, 5) is 19.5. The molecule has 1 fully saturated rings. The van der Waals surface area contributed by atoms with Crippen molar-refractivity contribution in [2.45, 2.75) is 6.18 Å². The summed E-state index contributed by atoms with van der Waals surface area (Å²) < 4.78 is 38.8. The number of carboxylic acid groups (broad SMARTS) is 1. The van der Waals surface area contributed by atoms with E-state index in [0.29, 0.717) is 11.0 Å². The second-order valence-corrected chi connectivity index (χ2v) is 5.08. The molecule has 0 bridgehead atoms. The third kappa shape index (κ3) is 2.41. The summed E-state index contributed by atoms with van der Waals surface area (Å²) in [5.41, 5.74) is 1.34. The summed E-state index contributed by atoms with van der Waals surface area (Å²) in [5, 5.41) is 8.99. The lowest BCUT2D eigenvalue weighted by Gasteiger charge is -2.17. The topological polar surface area (TPSA) is 69.2 Å². The lowest BCUT2D eigenvalue weighted by atomic mass is 9.96. The smallest absolute Gasteiger partial charge is 0.394 e. The van der Waals surface area contributed by atoms with E-state index < -0.39 is 30.5 Å². The third-order valence-corrected chi connectivity index (χ3v) is 3.73. The number of hydrogen-bond donors (Lipinski definition) is 2. The van der Waals surface area contributed by atoms with E-state index in [4.69, 9.17) is 5.11 Å². The molecular weight excluding hydrogens is 287 g/mol. The van der Waals surface area contributed by atoms with Gasteiger partial charge >= 0.3 is 12.1 Å². The Balaban J connectivity index is 1.91. The van der Waals surface area contributed by atoms with E-state index in [2.05, 4.69) is 9.97 Å². The van der Waals surface area contributed by atoms with E-state index in [1.807, 2.05) is 0 Å². The average Bonchev–Trinajstić information content (AvgIpc) is 3.02. The van der Waals surface area contributed by atoms with Crippen LogP contribution >= 0.6 is 0 Å². The van der Waals surface area contributed by atoms with Crippen LogP contribution in [0.3, 0.4) is 0 Å². The van der Waals surface area contributed by atoms with Crippen molar-refractivity contribution >= 4 is 23.0 Å².